The zero-order valence-electron chi connectivity index (χ0n) is 17.4. The van der Waals surface area contributed by atoms with Crippen LogP contribution in [0.3, 0.4) is 0 Å². The number of piperidine rings is 1. The van der Waals surface area contributed by atoms with Gasteiger partial charge in [-0.2, -0.15) is 13.2 Å². The van der Waals surface area contributed by atoms with E-state index in [2.05, 4.69) is 18.8 Å². The van der Waals surface area contributed by atoms with E-state index in [1.54, 1.807) is 22.0 Å². The highest BCUT2D eigenvalue weighted by atomic mass is 19.4. The molecule has 1 amide bonds. The summed E-state index contributed by atoms with van der Waals surface area (Å²) in [4.78, 5) is 20.5. The van der Waals surface area contributed by atoms with Crippen molar-refractivity contribution >= 4 is 6.09 Å². The molecule has 1 aromatic heterocycles. The number of hydrogen-bond acceptors (Lipinski definition) is 4. The van der Waals surface area contributed by atoms with E-state index in [0.29, 0.717) is 49.9 Å². The number of halogens is 3. The summed E-state index contributed by atoms with van der Waals surface area (Å²) in [6.07, 6.45) is -0.0673. The molecule has 9 heteroatoms. The number of likely N-dealkylation sites (tertiary alicyclic amines) is 1. The van der Waals surface area contributed by atoms with Crippen LogP contribution < -0.4 is 4.74 Å². The molecule has 0 radical (unpaired) electrons. The standard InChI is InChI=1S/C20H31F3N4O2/c1-4-14(5-2)8-27(19(28)29-18-12-25(3)13-24-18)11-17-15-9-26(10-16(15)17)7-6-20(21,22)23/h12-17H,4-11H2,1-3H3. The van der Waals surface area contributed by atoms with Crippen LogP contribution >= 0.6 is 0 Å². The Morgan fingerprint density at radius 2 is 1.97 bits per heavy atom. The van der Waals surface area contributed by atoms with E-state index in [1.165, 1.54) is 0 Å². The molecule has 2 aliphatic rings. The fourth-order valence-electron chi connectivity index (χ4n) is 4.41. The van der Waals surface area contributed by atoms with Crippen LogP contribution in [0.1, 0.15) is 33.1 Å². The zero-order chi connectivity index (χ0) is 21.2. The first-order chi connectivity index (χ1) is 13.7. The van der Waals surface area contributed by atoms with E-state index >= 15 is 0 Å². The summed E-state index contributed by atoms with van der Waals surface area (Å²) < 4.78 is 44.5. The minimum atomic E-state index is -4.10. The molecule has 164 valence electrons. The molecule has 0 aromatic carbocycles. The van der Waals surface area contributed by atoms with Gasteiger partial charge in [0.05, 0.1) is 18.9 Å². The molecule has 1 aromatic rings. The van der Waals surface area contributed by atoms with Crippen LogP contribution in [0, 0.1) is 23.7 Å². The highest BCUT2D eigenvalue weighted by Gasteiger charge is 2.56. The van der Waals surface area contributed by atoms with Gasteiger partial charge < -0.3 is 19.1 Å². The smallest absolute Gasteiger partial charge is 0.389 e. The maximum absolute atomic E-state index is 12.8. The topological polar surface area (TPSA) is 50.6 Å². The van der Waals surface area contributed by atoms with Crippen molar-refractivity contribution in [1.29, 1.82) is 0 Å². The Morgan fingerprint density at radius 3 is 2.48 bits per heavy atom. The van der Waals surface area contributed by atoms with E-state index in [4.69, 9.17) is 4.74 Å². The predicted octanol–water partition coefficient (Wildman–Crippen LogP) is 3.79. The summed E-state index contributed by atoms with van der Waals surface area (Å²) in [5.74, 6) is 1.79. The second kappa shape index (κ2) is 8.93. The minimum Gasteiger partial charge on any atom is -0.389 e. The second-order valence-electron chi connectivity index (χ2n) is 8.45. The lowest BCUT2D eigenvalue weighted by Gasteiger charge is -2.27. The number of fused-ring (bicyclic) bond motifs is 1. The summed E-state index contributed by atoms with van der Waals surface area (Å²) in [6, 6.07) is 0. The van der Waals surface area contributed by atoms with Crippen molar-refractivity contribution < 1.29 is 22.7 Å². The highest BCUT2D eigenvalue weighted by molar-refractivity contribution is 5.70. The minimum absolute atomic E-state index is 0.0718. The Balaban J connectivity index is 1.54. The summed E-state index contributed by atoms with van der Waals surface area (Å²) in [5, 5.41) is 0. The first-order valence-electron chi connectivity index (χ1n) is 10.4. The van der Waals surface area contributed by atoms with Gasteiger partial charge in [0.15, 0.2) is 0 Å². The van der Waals surface area contributed by atoms with Gasteiger partial charge in [0.1, 0.15) is 0 Å². The number of carbonyl (C=O) groups is 1. The molecule has 1 saturated heterocycles. The number of aromatic nitrogens is 2. The normalized spacial score (nSPS) is 24.0. The molecule has 2 fully saturated rings. The van der Waals surface area contributed by atoms with Crippen molar-refractivity contribution in [2.45, 2.75) is 39.3 Å². The van der Waals surface area contributed by atoms with Crippen molar-refractivity contribution in [2.75, 3.05) is 32.7 Å². The lowest BCUT2D eigenvalue weighted by Crippen LogP contribution is -2.40. The molecule has 2 heterocycles. The van der Waals surface area contributed by atoms with Gasteiger partial charge in [-0.15, -0.1) is 0 Å². The Kier molecular flexibility index (Phi) is 6.76. The number of nitrogens with zero attached hydrogens (tertiary/aromatic N) is 4. The molecule has 3 rings (SSSR count). The number of ether oxygens (including phenoxy) is 1. The maximum atomic E-state index is 12.8. The first-order valence-corrected chi connectivity index (χ1v) is 10.4. The summed E-state index contributed by atoms with van der Waals surface area (Å²) >= 11 is 0. The number of carbonyl (C=O) groups excluding carboxylic acids is 1. The average molecular weight is 416 g/mol. The summed E-state index contributed by atoms with van der Waals surface area (Å²) in [5.41, 5.74) is 0. The molecule has 1 saturated carbocycles. The first kappa shape index (κ1) is 21.9. The summed E-state index contributed by atoms with van der Waals surface area (Å²) in [7, 11) is 1.81. The molecule has 2 unspecified atom stereocenters. The number of amides is 1. The van der Waals surface area contributed by atoms with E-state index in [-0.39, 0.29) is 12.4 Å². The van der Waals surface area contributed by atoms with Crippen molar-refractivity contribution in [3.63, 3.8) is 0 Å². The van der Waals surface area contributed by atoms with E-state index in [1.807, 2.05) is 11.9 Å². The van der Waals surface area contributed by atoms with Gasteiger partial charge in [-0.25, -0.2) is 9.78 Å². The van der Waals surface area contributed by atoms with Gasteiger partial charge in [-0.1, -0.05) is 26.7 Å². The fraction of sp³-hybridized carbons (Fsp3) is 0.800. The number of alkyl halides is 3. The van der Waals surface area contributed by atoms with Crippen LogP contribution in [0.25, 0.3) is 0 Å². The predicted molar refractivity (Wildman–Crippen MR) is 102 cm³/mol. The van der Waals surface area contributed by atoms with Crippen LogP contribution in [0.4, 0.5) is 18.0 Å². The number of aryl methyl sites for hydroxylation is 1. The number of hydrogen-bond donors (Lipinski definition) is 0. The van der Waals surface area contributed by atoms with Crippen LogP contribution in [-0.4, -0.2) is 64.3 Å². The highest BCUT2D eigenvalue weighted by Crippen LogP contribution is 2.52. The zero-order valence-corrected chi connectivity index (χ0v) is 17.4. The quantitative estimate of drug-likeness (QED) is 0.615. The molecular weight excluding hydrogens is 385 g/mol. The molecule has 0 N–H and O–H groups in total. The molecule has 0 bridgehead atoms. The SMILES string of the molecule is CCC(CC)CN(CC1C2CN(CCC(F)(F)F)CC21)C(=O)Oc1cn(C)cn1. The van der Waals surface area contributed by atoms with Gasteiger partial charge >= 0.3 is 12.3 Å². The van der Waals surface area contributed by atoms with Gasteiger partial charge in [-0.05, 0) is 23.7 Å². The molecule has 0 spiro atoms. The summed E-state index contributed by atoms with van der Waals surface area (Å²) in [6.45, 7) is 6.92. The molecular formula is C20H31F3N4O2. The molecule has 1 aliphatic carbocycles. The van der Waals surface area contributed by atoms with E-state index < -0.39 is 18.7 Å². The lowest BCUT2D eigenvalue weighted by molar-refractivity contribution is -0.137. The monoisotopic (exact) mass is 416 g/mol. The van der Waals surface area contributed by atoms with Gasteiger partial charge in [0.25, 0.3) is 0 Å². The molecule has 6 nitrogen and oxygen atoms in total. The third kappa shape index (κ3) is 5.87. The van der Waals surface area contributed by atoms with Crippen LogP contribution in [0.15, 0.2) is 12.5 Å². The van der Waals surface area contributed by atoms with Crippen molar-refractivity contribution in [3.05, 3.63) is 12.5 Å². The average Bonchev–Trinajstić information content (AvgIpc) is 3.00. The third-order valence-electron chi connectivity index (χ3n) is 6.35. The third-order valence-corrected chi connectivity index (χ3v) is 6.35. The van der Waals surface area contributed by atoms with E-state index in [0.717, 1.165) is 12.8 Å². The Hall–Kier alpha value is -1.77. The number of rotatable bonds is 9. The van der Waals surface area contributed by atoms with Gasteiger partial charge in [0, 0.05) is 39.8 Å². The number of imidazole rings is 1. The second-order valence-corrected chi connectivity index (χ2v) is 8.45. The van der Waals surface area contributed by atoms with Crippen molar-refractivity contribution in [2.24, 2.45) is 30.7 Å². The van der Waals surface area contributed by atoms with E-state index in [9.17, 15) is 18.0 Å². The van der Waals surface area contributed by atoms with Crippen molar-refractivity contribution in [1.82, 2.24) is 19.4 Å². The molecule has 29 heavy (non-hydrogen) atoms. The Bertz CT molecular complexity index is 678. The maximum Gasteiger partial charge on any atom is 0.416 e. The largest absolute Gasteiger partial charge is 0.416 e. The molecule has 1 aliphatic heterocycles. The Labute approximate surface area is 170 Å². The van der Waals surface area contributed by atoms with Crippen LogP contribution in [0.2, 0.25) is 0 Å². The van der Waals surface area contributed by atoms with Gasteiger partial charge in [-0.3, -0.25) is 0 Å². The van der Waals surface area contributed by atoms with Crippen molar-refractivity contribution in [3.8, 4) is 5.88 Å². The fourth-order valence-corrected chi connectivity index (χ4v) is 4.41. The lowest BCUT2D eigenvalue weighted by atomic mass is 10.0. The van der Waals surface area contributed by atoms with Gasteiger partial charge in [0.2, 0.25) is 5.88 Å². The molecule has 2 atom stereocenters. The van der Waals surface area contributed by atoms with Crippen LogP contribution in [-0.2, 0) is 7.05 Å². The van der Waals surface area contributed by atoms with Crippen LogP contribution in [0.5, 0.6) is 5.88 Å². The Morgan fingerprint density at radius 1 is 1.31 bits per heavy atom.